The quantitative estimate of drug-likeness (QED) is 0.475. The van der Waals surface area contributed by atoms with Crippen molar-refractivity contribution in [3.05, 3.63) is 53.2 Å². The Balaban J connectivity index is 1.55. The van der Waals surface area contributed by atoms with Crippen LogP contribution in [0.1, 0.15) is 39.2 Å². The third-order valence-electron chi connectivity index (χ3n) is 5.15. The van der Waals surface area contributed by atoms with Crippen LogP contribution in [0.2, 0.25) is 0 Å². The van der Waals surface area contributed by atoms with Gasteiger partial charge in [-0.25, -0.2) is 9.37 Å². The van der Waals surface area contributed by atoms with E-state index in [1.807, 2.05) is 0 Å². The van der Waals surface area contributed by atoms with Gasteiger partial charge in [-0.05, 0) is 24.1 Å². The Morgan fingerprint density at radius 3 is 2.69 bits per heavy atom. The average Bonchev–Trinajstić information content (AvgIpc) is 3.12. The normalized spacial score (nSPS) is 24.3. The highest BCUT2D eigenvalue weighted by molar-refractivity contribution is 7.80. The first kappa shape index (κ1) is 15.5. The number of hydrogen-bond donors (Lipinski definition) is 3. The number of phenols is 2. The zero-order valence-electron chi connectivity index (χ0n) is 13.3. The molecule has 2 heterocycles. The number of oxazole rings is 1. The molecule has 3 unspecified atom stereocenters. The number of rotatable bonds is 2. The molecule has 2 N–H and O–H groups in total. The van der Waals surface area contributed by atoms with Crippen LogP contribution in [0.15, 0.2) is 35.1 Å². The van der Waals surface area contributed by atoms with E-state index in [2.05, 4.69) is 17.6 Å². The van der Waals surface area contributed by atoms with E-state index < -0.39 is 11.3 Å². The molecule has 0 spiro atoms. The lowest BCUT2D eigenvalue weighted by Gasteiger charge is -2.22. The summed E-state index contributed by atoms with van der Waals surface area (Å²) in [6, 6.07) is 6.04. The number of carbonyl (C=O) groups excluding carboxylic acids is 1. The Morgan fingerprint density at radius 2 is 1.96 bits per heavy atom. The van der Waals surface area contributed by atoms with E-state index in [-0.39, 0.29) is 51.5 Å². The van der Waals surface area contributed by atoms with E-state index >= 15 is 0 Å². The van der Waals surface area contributed by atoms with Crippen LogP contribution in [-0.2, 0) is 0 Å². The third kappa shape index (κ3) is 1.93. The first-order chi connectivity index (χ1) is 12.5. The van der Waals surface area contributed by atoms with Crippen molar-refractivity contribution >= 4 is 29.6 Å². The van der Waals surface area contributed by atoms with Crippen molar-refractivity contribution in [2.45, 2.75) is 23.8 Å². The number of thiol groups is 1. The molecular weight excluding hydrogens is 359 g/mol. The number of aromatic nitrogens is 1. The number of halogens is 1. The number of aromatic hydroxyl groups is 2. The molecule has 8 heteroatoms. The number of fused-ring (bicyclic) bond motifs is 2. The second kappa shape index (κ2) is 5.14. The summed E-state index contributed by atoms with van der Waals surface area (Å²) < 4.78 is 18.3. The molecule has 5 rings (SSSR count). The van der Waals surface area contributed by atoms with Gasteiger partial charge in [0.15, 0.2) is 29.0 Å². The minimum atomic E-state index is -0.714. The van der Waals surface area contributed by atoms with Crippen LogP contribution in [0.4, 0.5) is 4.39 Å². The van der Waals surface area contributed by atoms with Crippen LogP contribution in [0.3, 0.4) is 0 Å². The van der Waals surface area contributed by atoms with Crippen molar-refractivity contribution in [2.75, 3.05) is 0 Å². The molecule has 2 aromatic carbocycles. The Hall–Kier alpha value is -2.74. The summed E-state index contributed by atoms with van der Waals surface area (Å²) >= 11 is 4.51. The van der Waals surface area contributed by atoms with Gasteiger partial charge in [0, 0.05) is 17.5 Å². The fourth-order valence-electron chi connectivity index (χ4n) is 3.81. The van der Waals surface area contributed by atoms with Crippen LogP contribution < -0.4 is 0 Å². The molecule has 132 valence electrons. The molecule has 1 aliphatic carbocycles. The highest BCUT2D eigenvalue weighted by atomic mass is 32.1. The monoisotopic (exact) mass is 372 g/mol. The Morgan fingerprint density at radius 1 is 1.23 bits per heavy atom. The molecule has 1 amide bonds. The highest BCUT2D eigenvalue weighted by Gasteiger charge is 2.52. The molecule has 6 nitrogen and oxygen atoms in total. The van der Waals surface area contributed by atoms with Crippen LogP contribution in [0.5, 0.6) is 11.5 Å². The second-order valence-corrected chi connectivity index (χ2v) is 7.05. The number of hydrogen-bond acceptors (Lipinski definition) is 6. The number of nitrogens with zero attached hydrogens (tertiary/aromatic N) is 2. The lowest BCUT2D eigenvalue weighted by Crippen LogP contribution is -2.29. The van der Waals surface area contributed by atoms with Crippen molar-refractivity contribution in [2.24, 2.45) is 0 Å². The van der Waals surface area contributed by atoms with E-state index in [1.165, 1.54) is 12.1 Å². The average molecular weight is 372 g/mol. The minimum absolute atomic E-state index is 0.00801. The Labute approximate surface area is 152 Å². The van der Waals surface area contributed by atoms with Gasteiger partial charge in [-0.1, -0.05) is 12.1 Å². The van der Waals surface area contributed by atoms with Gasteiger partial charge in [0.05, 0.1) is 5.56 Å². The number of phenolic OH excluding ortho intramolecular Hbond substituents is 2. The van der Waals surface area contributed by atoms with E-state index in [0.717, 1.165) is 12.0 Å². The molecule has 2 aliphatic rings. The molecule has 1 aliphatic heterocycles. The van der Waals surface area contributed by atoms with Gasteiger partial charge in [0.1, 0.15) is 11.2 Å². The lowest BCUT2D eigenvalue weighted by atomic mass is 10.1. The maximum atomic E-state index is 13.1. The number of carbonyl (C=O) groups is 1. The zero-order chi connectivity index (χ0) is 18.2. The fourth-order valence-corrected chi connectivity index (χ4v) is 4.33. The molecule has 3 aromatic rings. The molecule has 26 heavy (non-hydrogen) atoms. The first-order valence-electron chi connectivity index (χ1n) is 8.06. The van der Waals surface area contributed by atoms with Gasteiger partial charge in [-0.2, -0.15) is 0 Å². The summed E-state index contributed by atoms with van der Waals surface area (Å²) in [5, 5.41) is 20.2. The minimum Gasteiger partial charge on any atom is -0.505 e. The predicted octanol–water partition coefficient (Wildman–Crippen LogP) is 3.32. The van der Waals surface area contributed by atoms with Crippen LogP contribution >= 0.6 is 12.6 Å². The molecule has 1 aromatic heterocycles. The smallest absolute Gasteiger partial charge is 0.259 e. The molecule has 0 radical (unpaired) electrons. The van der Waals surface area contributed by atoms with Gasteiger partial charge in [-0.3, -0.25) is 4.79 Å². The molecule has 3 atom stereocenters. The van der Waals surface area contributed by atoms with Crippen molar-refractivity contribution < 1.29 is 23.8 Å². The highest BCUT2D eigenvalue weighted by Crippen LogP contribution is 2.56. The summed E-state index contributed by atoms with van der Waals surface area (Å²) in [6.45, 7) is 0. The topological polar surface area (TPSA) is 86.8 Å². The largest absolute Gasteiger partial charge is 0.505 e. The molecule has 1 saturated carbocycles. The number of amides is 1. The van der Waals surface area contributed by atoms with Crippen molar-refractivity contribution in [3.8, 4) is 11.5 Å². The van der Waals surface area contributed by atoms with Crippen molar-refractivity contribution in [1.29, 1.82) is 0 Å². The van der Waals surface area contributed by atoms with Gasteiger partial charge in [0.25, 0.3) is 5.91 Å². The second-order valence-electron chi connectivity index (χ2n) is 6.56. The van der Waals surface area contributed by atoms with E-state index in [1.54, 1.807) is 17.0 Å². The summed E-state index contributed by atoms with van der Waals surface area (Å²) in [6.07, 6.45) is 1.80. The lowest BCUT2D eigenvalue weighted by molar-refractivity contribution is 0.0757. The number of benzene rings is 2. The molecular formula is C18H13FN2O4S. The van der Waals surface area contributed by atoms with E-state index in [4.69, 9.17) is 4.42 Å². The molecule has 1 fully saturated rings. The maximum absolute atomic E-state index is 13.1. The fraction of sp³-hybridized carbons (Fsp3) is 0.222. The van der Waals surface area contributed by atoms with Crippen LogP contribution in [0, 0.1) is 5.82 Å². The van der Waals surface area contributed by atoms with Gasteiger partial charge in [-0.15, -0.1) is 12.6 Å². The van der Waals surface area contributed by atoms with Crippen LogP contribution in [0.25, 0.3) is 11.1 Å². The van der Waals surface area contributed by atoms with E-state index in [0.29, 0.717) is 6.42 Å². The maximum Gasteiger partial charge on any atom is 0.259 e. The SMILES string of the molecule is O=C1c2c(c(O)c3ocnc3c2O)C(S)N1C1CC1c1ccc(F)cc1. The van der Waals surface area contributed by atoms with Gasteiger partial charge >= 0.3 is 0 Å². The van der Waals surface area contributed by atoms with Gasteiger partial charge < -0.3 is 19.5 Å². The standard InChI is InChI=1S/C18H13FN2O4S/c19-8-3-1-7(2-4-8)9-5-10(9)21-17(24)11-12(18(21)26)15(23)16-13(14(11)22)20-6-25-16/h1-4,6,9-10,18,22-23,26H,5H2. The van der Waals surface area contributed by atoms with E-state index in [9.17, 15) is 19.4 Å². The summed E-state index contributed by atoms with van der Waals surface area (Å²) in [7, 11) is 0. The van der Waals surface area contributed by atoms with Crippen molar-refractivity contribution in [1.82, 2.24) is 9.88 Å². The van der Waals surface area contributed by atoms with Gasteiger partial charge in [0.2, 0.25) is 0 Å². The van der Waals surface area contributed by atoms with Crippen LogP contribution in [-0.4, -0.2) is 32.0 Å². The third-order valence-corrected chi connectivity index (χ3v) is 5.66. The van der Waals surface area contributed by atoms with Crippen molar-refractivity contribution in [3.63, 3.8) is 0 Å². The Kier molecular flexibility index (Phi) is 3.06. The first-order valence-corrected chi connectivity index (χ1v) is 8.58. The molecule has 0 saturated heterocycles. The zero-order valence-corrected chi connectivity index (χ0v) is 14.2. The molecule has 0 bridgehead atoms. The Bertz CT molecular complexity index is 1070. The predicted molar refractivity (Wildman–Crippen MR) is 92.8 cm³/mol. The summed E-state index contributed by atoms with van der Waals surface area (Å²) in [5.74, 6) is -1.21. The summed E-state index contributed by atoms with van der Waals surface area (Å²) in [5.41, 5.74) is 1.24. The summed E-state index contributed by atoms with van der Waals surface area (Å²) in [4.78, 5) is 18.4.